The van der Waals surface area contributed by atoms with Gasteiger partial charge in [0.1, 0.15) is 0 Å². The van der Waals surface area contributed by atoms with Crippen LogP contribution in [0.25, 0.3) is 0 Å². The van der Waals surface area contributed by atoms with Crippen LogP contribution in [0, 0.1) is 11.3 Å². The van der Waals surface area contributed by atoms with Crippen molar-refractivity contribution in [1.82, 2.24) is 5.32 Å². The van der Waals surface area contributed by atoms with E-state index in [2.05, 4.69) is 60.7 Å². The summed E-state index contributed by atoms with van der Waals surface area (Å²) in [6.07, 6.45) is 17.7. The molecule has 0 heterocycles. The van der Waals surface area contributed by atoms with Gasteiger partial charge in [-0.1, -0.05) is 132 Å². The lowest BCUT2D eigenvalue weighted by atomic mass is 9.93. The summed E-state index contributed by atoms with van der Waals surface area (Å²) in [5.74, 6) is 0.512. The van der Waals surface area contributed by atoms with Gasteiger partial charge in [0.05, 0.1) is 0 Å². The Kier molecular flexibility index (Phi) is 28.1. The van der Waals surface area contributed by atoms with E-state index in [4.69, 9.17) is 0 Å². The zero-order chi connectivity index (χ0) is 22.3. The van der Waals surface area contributed by atoms with Crippen LogP contribution in [-0.2, 0) is 4.79 Å². The molecule has 1 atom stereocenters. The number of nitrogens with one attached hydrogen (secondary N) is 1. The second kappa shape index (κ2) is 24.5. The molecule has 28 heavy (non-hydrogen) atoms. The largest absolute Gasteiger partial charge is 0.359 e. The average Bonchev–Trinajstić information content (AvgIpc) is 2.64. The van der Waals surface area contributed by atoms with Crippen LogP contribution in [0.1, 0.15) is 145 Å². The Morgan fingerprint density at radius 2 is 0.964 bits per heavy atom. The third kappa shape index (κ3) is 36.4. The van der Waals surface area contributed by atoms with Gasteiger partial charge in [-0.3, -0.25) is 4.79 Å². The molecule has 0 radical (unpaired) electrons. The van der Waals surface area contributed by atoms with Gasteiger partial charge in [-0.05, 0) is 18.3 Å². The Hall–Kier alpha value is -0.530. The van der Waals surface area contributed by atoms with Gasteiger partial charge in [0, 0.05) is 13.0 Å². The van der Waals surface area contributed by atoms with E-state index in [0.717, 1.165) is 12.8 Å². The molecule has 1 N–H and O–H groups in total. The molecule has 0 bridgehead atoms. The Balaban J connectivity index is -0.000000575. The summed E-state index contributed by atoms with van der Waals surface area (Å²) in [4.78, 5) is 11.8. The Bertz CT molecular complexity index is 285. The monoisotopic (exact) mass is 399 g/mol. The minimum Gasteiger partial charge on any atom is -0.359 e. The number of carbonyl (C=O) groups excluding carboxylic acids is 1. The van der Waals surface area contributed by atoms with Crippen LogP contribution < -0.4 is 5.32 Å². The Labute approximate surface area is 180 Å². The molecule has 0 aromatic heterocycles. The van der Waals surface area contributed by atoms with Crippen molar-refractivity contribution in [2.45, 2.75) is 145 Å². The lowest BCUT2D eigenvalue weighted by Crippen LogP contribution is -2.27. The number of hydrogen-bond donors (Lipinski definition) is 1. The molecule has 1 amide bonds. The third-order valence-corrected chi connectivity index (χ3v) is 4.43. The predicted octanol–water partition coefficient (Wildman–Crippen LogP) is 8.93. The second-order valence-corrected chi connectivity index (χ2v) is 9.72. The summed E-state index contributed by atoms with van der Waals surface area (Å²) in [6.45, 7) is 17.6. The van der Waals surface area contributed by atoms with Crippen LogP contribution in [0.15, 0.2) is 0 Å². The van der Waals surface area contributed by atoms with Crippen molar-refractivity contribution >= 4 is 5.91 Å². The molecule has 0 saturated heterocycles. The minimum atomic E-state index is 0.255. The standard InChI is InChI=1S/C17H35NO.C5H12.C4H10/c1-4-6-8-10-11-13-15-16(17(19)18-3)14-12-9-7-5-2;1-5(2,3)4;1-3-4-2/h16H,4-15H2,1-3H3,(H,18,19);1-4H3;3-4H2,1-2H3. The van der Waals surface area contributed by atoms with Crippen molar-refractivity contribution in [3.63, 3.8) is 0 Å². The molecular formula is C26H57NO. The normalized spacial score (nSPS) is 11.6. The molecule has 172 valence electrons. The van der Waals surface area contributed by atoms with Gasteiger partial charge in [-0.2, -0.15) is 0 Å². The number of rotatable bonds is 14. The lowest BCUT2D eigenvalue weighted by molar-refractivity contribution is -0.125. The van der Waals surface area contributed by atoms with E-state index >= 15 is 0 Å². The maximum Gasteiger partial charge on any atom is 0.222 e. The highest BCUT2D eigenvalue weighted by Gasteiger charge is 2.15. The first-order valence-electron chi connectivity index (χ1n) is 12.4. The lowest BCUT2D eigenvalue weighted by Gasteiger charge is -2.15. The van der Waals surface area contributed by atoms with E-state index in [1.807, 2.05) is 0 Å². The van der Waals surface area contributed by atoms with Crippen LogP contribution in [0.5, 0.6) is 0 Å². The maximum absolute atomic E-state index is 11.8. The molecule has 0 aromatic rings. The van der Waals surface area contributed by atoms with Gasteiger partial charge >= 0.3 is 0 Å². The number of carbonyl (C=O) groups is 1. The van der Waals surface area contributed by atoms with Crippen molar-refractivity contribution in [3.8, 4) is 0 Å². The fourth-order valence-electron chi connectivity index (χ4n) is 2.60. The molecule has 0 aliphatic carbocycles. The molecule has 2 heteroatoms. The fourth-order valence-corrected chi connectivity index (χ4v) is 2.60. The number of hydrogen-bond acceptors (Lipinski definition) is 1. The highest BCUT2D eigenvalue weighted by Crippen LogP contribution is 2.19. The van der Waals surface area contributed by atoms with Gasteiger partial charge < -0.3 is 5.32 Å². The van der Waals surface area contributed by atoms with Gasteiger partial charge in [-0.25, -0.2) is 0 Å². The highest BCUT2D eigenvalue weighted by molar-refractivity contribution is 5.78. The van der Waals surface area contributed by atoms with Crippen molar-refractivity contribution in [2.24, 2.45) is 11.3 Å². The van der Waals surface area contributed by atoms with E-state index < -0.39 is 0 Å². The quantitative estimate of drug-likeness (QED) is 0.290. The zero-order valence-corrected chi connectivity index (χ0v) is 21.4. The molecule has 0 aliphatic heterocycles. The summed E-state index contributed by atoms with van der Waals surface area (Å²) in [5.41, 5.74) is 0.500. The van der Waals surface area contributed by atoms with E-state index in [0.29, 0.717) is 5.41 Å². The fraction of sp³-hybridized carbons (Fsp3) is 0.962. The first-order chi connectivity index (χ1) is 13.2. The third-order valence-electron chi connectivity index (χ3n) is 4.43. The summed E-state index contributed by atoms with van der Waals surface area (Å²) in [7, 11) is 1.77. The van der Waals surface area contributed by atoms with Gasteiger partial charge in [-0.15, -0.1) is 0 Å². The van der Waals surface area contributed by atoms with E-state index in [9.17, 15) is 4.79 Å². The smallest absolute Gasteiger partial charge is 0.222 e. The van der Waals surface area contributed by atoms with Crippen molar-refractivity contribution in [3.05, 3.63) is 0 Å². The van der Waals surface area contributed by atoms with Gasteiger partial charge in [0.25, 0.3) is 0 Å². The molecule has 0 spiro atoms. The van der Waals surface area contributed by atoms with Gasteiger partial charge in [0.2, 0.25) is 5.91 Å². The summed E-state index contributed by atoms with van der Waals surface area (Å²) >= 11 is 0. The van der Waals surface area contributed by atoms with Crippen molar-refractivity contribution in [1.29, 1.82) is 0 Å². The molecule has 0 rings (SSSR count). The Morgan fingerprint density at radius 3 is 1.29 bits per heavy atom. The van der Waals surface area contributed by atoms with Crippen molar-refractivity contribution in [2.75, 3.05) is 7.05 Å². The minimum absolute atomic E-state index is 0.255. The first kappa shape index (κ1) is 32.1. The molecule has 1 unspecified atom stereocenters. The second-order valence-electron chi connectivity index (χ2n) is 9.72. The van der Waals surface area contributed by atoms with Crippen LogP contribution in [-0.4, -0.2) is 13.0 Å². The van der Waals surface area contributed by atoms with E-state index in [1.54, 1.807) is 7.05 Å². The van der Waals surface area contributed by atoms with Crippen LogP contribution in [0.2, 0.25) is 0 Å². The predicted molar refractivity (Wildman–Crippen MR) is 130 cm³/mol. The molecule has 2 nitrogen and oxygen atoms in total. The van der Waals surface area contributed by atoms with Gasteiger partial charge in [0.15, 0.2) is 0 Å². The molecule has 0 aliphatic rings. The van der Waals surface area contributed by atoms with Crippen molar-refractivity contribution < 1.29 is 4.79 Å². The highest BCUT2D eigenvalue weighted by atomic mass is 16.1. The van der Waals surface area contributed by atoms with Crippen LogP contribution >= 0.6 is 0 Å². The zero-order valence-electron chi connectivity index (χ0n) is 21.4. The molecule has 0 saturated carbocycles. The molecular weight excluding hydrogens is 342 g/mol. The molecule has 0 aromatic carbocycles. The Morgan fingerprint density at radius 1 is 0.643 bits per heavy atom. The number of amides is 1. The topological polar surface area (TPSA) is 29.1 Å². The van der Waals surface area contributed by atoms with E-state index in [-0.39, 0.29) is 11.8 Å². The SMILES string of the molecule is CC(C)(C)C.CCCC.CCCCCCCCC(CCCCCC)C(=O)NC. The summed E-state index contributed by atoms with van der Waals surface area (Å²) in [5, 5.41) is 2.83. The first-order valence-corrected chi connectivity index (χ1v) is 12.4. The van der Waals surface area contributed by atoms with E-state index in [1.165, 1.54) is 77.0 Å². The van der Waals surface area contributed by atoms with Crippen LogP contribution in [0.4, 0.5) is 0 Å². The molecule has 0 fully saturated rings. The maximum atomic E-state index is 11.8. The average molecular weight is 400 g/mol. The summed E-state index contributed by atoms with van der Waals surface area (Å²) < 4.78 is 0. The van der Waals surface area contributed by atoms with Crippen LogP contribution in [0.3, 0.4) is 0 Å². The summed E-state index contributed by atoms with van der Waals surface area (Å²) in [6, 6.07) is 0. The number of unbranched alkanes of at least 4 members (excludes halogenated alkanes) is 9.